The van der Waals surface area contributed by atoms with Crippen LogP contribution in [0, 0.1) is 0 Å². The monoisotopic (exact) mass is 360 g/mol. The summed E-state index contributed by atoms with van der Waals surface area (Å²) in [5, 5.41) is 0. The van der Waals surface area contributed by atoms with Crippen molar-refractivity contribution < 1.29 is 13.2 Å². The number of benzene rings is 1. The molecule has 9 heteroatoms. The van der Waals surface area contributed by atoms with Crippen LogP contribution in [0.3, 0.4) is 0 Å². The number of ether oxygens (including phenoxy) is 1. The molecular weight excluding hydrogens is 344 g/mol. The number of hydrogen-bond donors (Lipinski definition) is 3. The van der Waals surface area contributed by atoms with E-state index in [4.69, 9.17) is 4.74 Å². The fraction of sp³-hybridized carbons (Fsp3) is 0.250. The number of fused-ring (bicyclic) bond motifs is 1. The highest BCUT2D eigenvalue weighted by atomic mass is 32.2. The summed E-state index contributed by atoms with van der Waals surface area (Å²) in [5.74, 6) is 0. The molecule has 1 aliphatic heterocycles. The lowest BCUT2D eigenvalue weighted by atomic mass is 10.1. The van der Waals surface area contributed by atoms with Gasteiger partial charge in [0.05, 0.1) is 22.0 Å². The van der Waals surface area contributed by atoms with Crippen molar-refractivity contribution in [1.29, 1.82) is 0 Å². The topological polar surface area (TPSA) is 117 Å². The Morgan fingerprint density at radius 3 is 2.84 bits per heavy atom. The molecule has 1 saturated heterocycles. The van der Waals surface area contributed by atoms with E-state index in [0.717, 1.165) is 5.56 Å². The zero-order chi connectivity index (χ0) is 17.4. The fourth-order valence-electron chi connectivity index (χ4n) is 3.03. The average Bonchev–Trinajstić information content (AvgIpc) is 3.19. The first-order valence-corrected chi connectivity index (χ1v) is 9.27. The summed E-state index contributed by atoms with van der Waals surface area (Å²) in [7, 11) is -3.75. The molecule has 1 aromatic carbocycles. The second-order valence-corrected chi connectivity index (χ2v) is 7.59. The Kier molecular flexibility index (Phi) is 3.91. The number of H-pyrrole nitrogens is 2. The van der Waals surface area contributed by atoms with Crippen LogP contribution < -0.4 is 10.4 Å². The number of nitrogens with one attached hydrogen (secondary N) is 3. The summed E-state index contributed by atoms with van der Waals surface area (Å²) in [6.45, 7) is 0.469. The molecule has 2 aromatic heterocycles. The van der Waals surface area contributed by atoms with Gasteiger partial charge >= 0.3 is 5.69 Å². The molecule has 3 N–H and O–H groups in total. The van der Waals surface area contributed by atoms with Gasteiger partial charge in [-0.25, -0.2) is 17.9 Å². The highest BCUT2D eigenvalue weighted by Gasteiger charge is 2.33. The van der Waals surface area contributed by atoms with Crippen molar-refractivity contribution in [2.75, 3.05) is 6.61 Å². The summed E-state index contributed by atoms with van der Waals surface area (Å²) in [6, 6.07) is 7.73. The van der Waals surface area contributed by atoms with Crippen molar-refractivity contribution in [2.45, 2.75) is 23.5 Å². The van der Waals surface area contributed by atoms with Gasteiger partial charge in [-0.15, -0.1) is 0 Å². The third kappa shape index (κ3) is 3.09. The number of aromatic amines is 2. The Morgan fingerprint density at radius 1 is 1.20 bits per heavy atom. The van der Waals surface area contributed by atoms with Gasteiger partial charge in [-0.3, -0.25) is 4.98 Å². The van der Waals surface area contributed by atoms with Crippen LogP contribution in [0.1, 0.15) is 18.1 Å². The van der Waals surface area contributed by atoms with Crippen LogP contribution in [-0.4, -0.2) is 36.0 Å². The van der Waals surface area contributed by atoms with E-state index >= 15 is 0 Å². The van der Waals surface area contributed by atoms with E-state index in [1.807, 2.05) is 6.07 Å². The summed E-state index contributed by atoms with van der Waals surface area (Å²) < 4.78 is 33.9. The van der Waals surface area contributed by atoms with Crippen molar-refractivity contribution in [3.05, 3.63) is 58.8 Å². The number of imidazole rings is 1. The van der Waals surface area contributed by atoms with Crippen LogP contribution in [-0.2, 0) is 14.8 Å². The molecule has 130 valence electrons. The Bertz CT molecular complexity index is 1060. The zero-order valence-electron chi connectivity index (χ0n) is 13.1. The largest absolute Gasteiger partial charge is 0.372 e. The van der Waals surface area contributed by atoms with Crippen LogP contribution in [0.25, 0.3) is 11.0 Å². The van der Waals surface area contributed by atoms with E-state index in [1.54, 1.807) is 24.5 Å². The molecule has 0 spiro atoms. The molecule has 0 aliphatic carbocycles. The highest BCUT2D eigenvalue weighted by Crippen LogP contribution is 2.30. The van der Waals surface area contributed by atoms with Crippen molar-refractivity contribution in [3.63, 3.8) is 0 Å². The fourth-order valence-corrected chi connectivity index (χ4v) is 4.33. The Morgan fingerprint density at radius 2 is 2.04 bits per heavy atom. The zero-order valence-corrected chi connectivity index (χ0v) is 13.9. The van der Waals surface area contributed by atoms with E-state index < -0.39 is 10.0 Å². The molecule has 3 heterocycles. The van der Waals surface area contributed by atoms with Gasteiger partial charge in [0.15, 0.2) is 0 Å². The third-order valence-corrected chi connectivity index (χ3v) is 5.70. The molecule has 4 rings (SSSR count). The van der Waals surface area contributed by atoms with Crippen LogP contribution >= 0.6 is 0 Å². The third-order valence-electron chi connectivity index (χ3n) is 4.21. The molecule has 25 heavy (non-hydrogen) atoms. The van der Waals surface area contributed by atoms with Crippen LogP contribution in [0.15, 0.2) is 52.4 Å². The van der Waals surface area contributed by atoms with E-state index in [1.165, 1.54) is 12.1 Å². The van der Waals surface area contributed by atoms with Crippen LogP contribution in [0.2, 0.25) is 0 Å². The summed E-state index contributed by atoms with van der Waals surface area (Å²) in [4.78, 5) is 20.6. The molecule has 1 aliphatic rings. The molecule has 0 bridgehead atoms. The van der Waals surface area contributed by atoms with Gasteiger partial charge in [0.2, 0.25) is 10.0 Å². The molecule has 2 atom stereocenters. The van der Waals surface area contributed by atoms with Gasteiger partial charge in [-0.2, -0.15) is 0 Å². The first kappa shape index (κ1) is 16.0. The summed E-state index contributed by atoms with van der Waals surface area (Å²) in [6.07, 6.45) is 3.53. The normalized spacial score (nSPS) is 21.0. The SMILES string of the molecule is O=c1[nH]c2ccc(S(=O)(=O)N[C@H]3CCO[C@@H]3c3cccnc3)cc2[nH]1. The minimum absolute atomic E-state index is 0.0899. The van der Waals surface area contributed by atoms with Gasteiger partial charge < -0.3 is 14.7 Å². The van der Waals surface area contributed by atoms with Gasteiger partial charge in [-0.05, 0) is 30.7 Å². The Balaban J connectivity index is 1.62. The van der Waals surface area contributed by atoms with E-state index in [9.17, 15) is 13.2 Å². The number of rotatable bonds is 4. The number of hydrogen-bond acceptors (Lipinski definition) is 5. The molecule has 8 nitrogen and oxygen atoms in total. The van der Waals surface area contributed by atoms with Gasteiger partial charge in [0, 0.05) is 24.6 Å². The van der Waals surface area contributed by atoms with Crippen LogP contribution in [0.5, 0.6) is 0 Å². The molecule has 0 unspecified atom stereocenters. The number of aromatic nitrogens is 3. The standard InChI is InChI=1S/C16H16N4O4S/c21-16-18-12-4-3-11(8-14(12)19-16)25(22,23)20-13-5-7-24-15(13)10-2-1-6-17-9-10/h1-4,6,8-9,13,15,20H,5,7H2,(H2,18,19,21)/t13-,15+/m0/s1. The maximum absolute atomic E-state index is 12.7. The second kappa shape index (κ2) is 6.10. The lowest BCUT2D eigenvalue weighted by molar-refractivity contribution is 0.102. The molecular formula is C16H16N4O4S. The van der Waals surface area contributed by atoms with Gasteiger partial charge in [-0.1, -0.05) is 6.07 Å². The van der Waals surface area contributed by atoms with E-state index in [0.29, 0.717) is 24.1 Å². The predicted octanol–water partition coefficient (Wildman–Crippen LogP) is 1.06. The maximum Gasteiger partial charge on any atom is 0.323 e. The summed E-state index contributed by atoms with van der Waals surface area (Å²) >= 11 is 0. The Labute approximate surface area is 143 Å². The second-order valence-electron chi connectivity index (χ2n) is 5.88. The van der Waals surface area contributed by atoms with Crippen molar-refractivity contribution in [3.8, 4) is 0 Å². The first-order chi connectivity index (χ1) is 12.0. The highest BCUT2D eigenvalue weighted by molar-refractivity contribution is 7.89. The minimum Gasteiger partial charge on any atom is -0.372 e. The number of nitrogens with zero attached hydrogens (tertiary/aromatic N) is 1. The first-order valence-electron chi connectivity index (χ1n) is 7.79. The average molecular weight is 360 g/mol. The number of pyridine rings is 1. The predicted molar refractivity (Wildman–Crippen MR) is 90.6 cm³/mol. The van der Waals surface area contributed by atoms with Gasteiger partial charge in [0.25, 0.3) is 0 Å². The number of sulfonamides is 1. The van der Waals surface area contributed by atoms with E-state index in [-0.39, 0.29) is 22.7 Å². The molecule has 0 radical (unpaired) electrons. The van der Waals surface area contributed by atoms with Crippen molar-refractivity contribution in [2.24, 2.45) is 0 Å². The van der Waals surface area contributed by atoms with E-state index in [2.05, 4.69) is 19.7 Å². The molecule has 0 saturated carbocycles. The van der Waals surface area contributed by atoms with Gasteiger partial charge in [0.1, 0.15) is 6.10 Å². The smallest absolute Gasteiger partial charge is 0.323 e. The van der Waals surface area contributed by atoms with Crippen molar-refractivity contribution >= 4 is 21.1 Å². The quantitative estimate of drug-likeness (QED) is 0.643. The Hall–Kier alpha value is -2.49. The molecule has 1 fully saturated rings. The lowest BCUT2D eigenvalue weighted by Gasteiger charge is -2.20. The lowest BCUT2D eigenvalue weighted by Crippen LogP contribution is -2.36. The van der Waals surface area contributed by atoms with Crippen LogP contribution in [0.4, 0.5) is 0 Å². The molecule has 3 aromatic rings. The molecule has 0 amide bonds. The minimum atomic E-state index is -3.75. The van der Waals surface area contributed by atoms with Crippen molar-refractivity contribution in [1.82, 2.24) is 19.7 Å². The summed E-state index contributed by atoms with van der Waals surface area (Å²) in [5.41, 5.74) is 1.46. The maximum atomic E-state index is 12.7.